The summed E-state index contributed by atoms with van der Waals surface area (Å²) in [4.78, 5) is 36.4. The van der Waals surface area contributed by atoms with Crippen molar-refractivity contribution in [3.8, 4) is 0 Å². The van der Waals surface area contributed by atoms with Crippen LogP contribution >= 0.6 is 0 Å². The Kier molecular flexibility index (Phi) is 5.69. The van der Waals surface area contributed by atoms with Crippen LogP contribution in [0.15, 0.2) is 12.3 Å². The molecular weight excluding hydrogens is 272 g/mol. The number of carbonyl (C=O) groups is 3. The maximum atomic E-state index is 11.9. The monoisotopic (exact) mass is 294 g/mol. The zero-order chi connectivity index (χ0) is 16.0. The Labute approximate surface area is 123 Å². The van der Waals surface area contributed by atoms with Gasteiger partial charge in [0.2, 0.25) is 0 Å². The van der Waals surface area contributed by atoms with E-state index in [0.717, 1.165) is 0 Å². The lowest BCUT2D eigenvalue weighted by Crippen LogP contribution is -2.28. The van der Waals surface area contributed by atoms with E-state index in [9.17, 15) is 14.4 Å². The van der Waals surface area contributed by atoms with Gasteiger partial charge < -0.3 is 15.4 Å². The highest BCUT2D eigenvalue weighted by Gasteiger charge is 2.19. The van der Waals surface area contributed by atoms with Crippen molar-refractivity contribution >= 4 is 17.7 Å². The number of aromatic nitrogens is 1. The summed E-state index contributed by atoms with van der Waals surface area (Å²) in [5, 5.41) is 11.5. The maximum absolute atomic E-state index is 11.9. The van der Waals surface area contributed by atoms with Crippen molar-refractivity contribution in [2.24, 2.45) is 5.41 Å². The summed E-state index contributed by atoms with van der Waals surface area (Å²) < 4.78 is 0. The topological polar surface area (TPSA) is 99.3 Å². The van der Waals surface area contributed by atoms with Gasteiger partial charge in [0.15, 0.2) is 5.78 Å². The van der Waals surface area contributed by atoms with Gasteiger partial charge in [0.1, 0.15) is 5.69 Å². The molecule has 0 unspecified atom stereocenters. The fourth-order valence-electron chi connectivity index (χ4n) is 1.91. The van der Waals surface area contributed by atoms with E-state index in [4.69, 9.17) is 5.11 Å². The molecule has 0 atom stereocenters. The largest absolute Gasteiger partial charge is 0.481 e. The van der Waals surface area contributed by atoms with Crippen LogP contribution in [0.5, 0.6) is 0 Å². The van der Waals surface area contributed by atoms with E-state index in [2.05, 4.69) is 10.3 Å². The molecule has 0 spiro atoms. The Morgan fingerprint density at radius 1 is 1.29 bits per heavy atom. The highest BCUT2D eigenvalue weighted by atomic mass is 16.4. The summed E-state index contributed by atoms with van der Waals surface area (Å²) >= 11 is 0. The van der Waals surface area contributed by atoms with Crippen LogP contribution in [0.4, 0.5) is 0 Å². The molecular formula is C15H22N2O4. The molecule has 1 heterocycles. The van der Waals surface area contributed by atoms with Crippen LogP contribution in [0.3, 0.4) is 0 Å². The Morgan fingerprint density at radius 3 is 2.48 bits per heavy atom. The Balaban J connectivity index is 2.42. The Hall–Kier alpha value is -2.11. The SMILES string of the molecule is CC(=O)c1c[nH]c(C(=O)NCCC(C)(C)CCC(=O)O)c1. The van der Waals surface area contributed by atoms with Crippen LogP contribution in [0.1, 0.15) is 60.9 Å². The van der Waals surface area contributed by atoms with E-state index in [1.54, 1.807) is 0 Å². The van der Waals surface area contributed by atoms with Gasteiger partial charge in [-0.1, -0.05) is 13.8 Å². The Morgan fingerprint density at radius 2 is 1.95 bits per heavy atom. The third-order valence-electron chi connectivity index (χ3n) is 3.44. The molecule has 0 aliphatic carbocycles. The molecule has 3 N–H and O–H groups in total. The van der Waals surface area contributed by atoms with E-state index in [1.165, 1.54) is 19.2 Å². The normalized spacial score (nSPS) is 11.2. The van der Waals surface area contributed by atoms with E-state index in [0.29, 0.717) is 30.6 Å². The standard InChI is InChI=1S/C15H22N2O4/c1-10(18)11-8-12(17-9-11)14(21)16-7-6-15(2,3)5-4-13(19)20/h8-9,17H,4-7H2,1-3H3,(H,16,21)(H,19,20). The number of amides is 1. The Bertz CT molecular complexity index is 532. The summed E-state index contributed by atoms with van der Waals surface area (Å²) in [6.45, 7) is 5.85. The third kappa shape index (κ3) is 5.81. The molecule has 1 rings (SSSR count). The number of carboxylic acids is 1. The number of carbonyl (C=O) groups excluding carboxylic acids is 2. The molecule has 6 heteroatoms. The average molecular weight is 294 g/mol. The summed E-state index contributed by atoms with van der Waals surface area (Å²) in [6, 6.07) is 1.52. The highest BCUT2D eigenvalue weighted by molar-refractivity contribution is 5.99. The van der Waals surface area contributed by atoms with Crippen molar-refractivity contribution < 1.29 is 19.5 Å². The number of Topliss-reactive ketones (excluding diaryl/α,β-unsaturated/α-hetero) is 1. The predicted octanol–water partition coefficient (Wildman–Crippen LogP) is 2.23. The van der Waals surface area contributed by atoms with Crippen molar-refractivity contribution in [1.29, 1.82) is 0 Å². The molecule has 0 bridgehead atoms. The van der Waals surface area contributed by atoms with E-state index >= 15 is 0 Å². The summed E-state index contributed by atoms with van der Waals surface area (Å²) in [5.41, 5.74) is 0.678. The quantitative estimate of drug-likeness (QED) is 0.640. The number of nitrogens with one attached hydrogen (secondary N) is 2. The highest BCUT2D eigenvalue weighted by Crippen LogP contribution is 2.26. The van der Waals surface area contributed by atoms with Gasteiger partial charge >= 0.3 is 5.97 Å². The van der Waals surface area contributed by atoms with Gasteiger partial charge in [-0.25, -0.2) is 0 Å². The average Bonchev–Trinajstić information content (AvgIpc) is 2.86. The number of hydrogen-bond donors (Lipinski definition) is 3. The molecule has 1 aromatic rings. The maximum Gasteiger partial charge on any atom is 0.303 e. The second kappa shape index (κ2) is 7.06. The minimum atomic E-state index is -0.810. The first kappa shape index (κ1) is 16.9. The van der Waals surface area contributed by atoms with Crippen molar-refractivity contribution in [2.75, 3.05) is 6.54 Å². The number of ketones is 1. The molecule has 116 valence electrons. The van der Waals surface area contributed by atoms with Crippen LogP contribution in [0.2, 0.25) is 0 Å². The lowest BCUT2D eigenvalue weighted by Gasteiger charge is -2.23. The fourth-order valence-corrected chi connectivity index (χ4v) is 1.91. The molecule has 6 nitrogen and oxygen atoms in total. The van der Waals surface area contributed by atoms with Crippen molar-refractivity contribution in [2.45, 2.75) is 40.0 Å². The number of aromatic amines is 1. The zero-order valence-electron chi connectivity index (χ0n) is 12.7. The van der Waals surface area contributed by atoms with Gasteiger partial charge in [-0.3, -0.25) is 14.4 Å². The van der Waals surface area contributed by atoms with Gasteiger partial charge in [-0.05, 0) is 31.2 Å². The number of hydrogen-bond acceptors (Lipinski definition) is 3. The number of aliphatic carboxylic acids is 1. The second-order valence-corrected chi connectivity index (χ2v) is 5.92. The van der Waals surface area contributed by atoms with Crippen molar-refractivity contribution in [3.05, 3.63) is 23.5 Å². The lowest BCUT2D eigenvalue weighted by molar-refractivity contribution is -0.137. The van der Waals surface area contributed by atoms with Gasteiger partial charge in [0.25, 0.3) is 5.91 Å². The fraction of sp³-hybridized carbons (Fsp3) is 0.533. The third-order valence-corrected chi connectivity index (χ3v) is 3.44. The summed E-state index contributed by atoms with van der Waals surface area (Å²) in [5.74, 6) is -1.17. The van der Waals surface area contributed by atoms with Crippen LogP contribution in [0.25, 0.3) is 0 Å². The second-order valence-electron chi connectivity index (χ2n) is 5.92. The van der Waals surface area contributed by atoms with Crippen molar-refractivity contribution in [1.82, 2.24) is 10.3 Å². The molecule has 0 fully saturated rings. The molecule has 0 aliphatic heterocycles. The predicted molar refractivity (Wildman–Crippen MR) is 78.4 cm³/mol. The first-order valence-corrected chi connectivity index (χ1v) is 6.90. The van der Waals surface area contributed by atoms with Crippen LogP contribution in [-0.4, -0.2) is 34.3 Å². The molecule has 1 aromatic heterocycles. The number of carboxylic acid groups (broad SMARTS) is 1. The molecule has 1 amide bonds. The van der Waals surface area contributed by atoms with Gasteiger partial charge in [-0.15, -0.1) is 0 Å². The molecule has 0 aliphatic rings. The van der Waals surface area contributed by atoms with Gasteiger partial charge in [0.05, 0.1) is 0 Å². The minimum Gasteiger partial charge on any atom is -0.481 e. The molecule has 0 saturated heterocycles. The van der Waals surface area contributed by atoms with Gasteiger partial charge in [0, 0.05) is 24.7 Å². The summed E-state index contributed by atoms with van der Waals surface area (Å²) in [6.07, 6.45) is 2.88. The first-order chi connectivity index (χ1) is 9.71. The van der Waals surface area contributed by atoms with E-state index < -0.39 is 5.97 Å². The molecule has 0 saturated carbocycles. The molecule has 21 heavy (non-hydrogen) atoms. The van der Waals surface area contributed by atoms with Gasteiger partial charge in [-0.2, -0.15) is 0 Å². The minimum absolute atomic E-state index is 0.0971. The first-order valence-electron chi connectivity index (χ1n) is 6.90. The van der Waals surface area contributed by atoms with E-state index in [1.807, 2.05) is 13.8 Å². The lowest BCUT2D eigenvalue weighted by atomic mass is 9.84. The van der Waals surface area contributed by atoms with Crippen molar-refractivity contribution in [3.63, 3.8) is 0 Å². The van der Waals surface area contributed by atoms with E-state index in [-0.39, 0.29) is 23.5 Å². The molecule has 0 aromatic carbocycles. The van der Waals surface area contributed by atoms with Crippen LogP contribution < -0.4 is 5.32 Å². The number of H-pyrrole nitrogens is 1. The van der Waals surface area contributed by atoms with Crippen LogP contribution in [0, 0.1) is 5.41 Å². The van der Waals surface area contributed by atoms with Crippen LogP contribution in [-0.2, 0) is 4.79 Å². The molecule has 0 radical (unpaired) electrons. The number of rotatable bonds is 8. The zero-order valence-corrected chi connectivity index (χ0v) is 12.7. The smallest absolute Gasteiger partial charge is 0.303 e. The summed E-state index contributed by atoms with van der Waals surface area (Å²) in [7, 11) is 0.